The molecule has 1 amide bonds. The van der Waals surface area contributed by atoms with Crippen LogP contribution in [0, 0.1) is 12.8 Å². The number of anilines is 4. The second-order valence-electron chi connectivity index (χ2n) is 11.9. The van der Waals surface area contributed by atoms with E-state index < -0.39 is 11.7 Å². The van der Waals surface area contributed by atoms with Crippen molar-refractivity contribution in [3.8, 4) is 17.0 Å². The number of benzene rings is 1. The Hall–Kier alpha value is -4.80. The molecule has 0 unspecified atom stereocenters. The quantitative estimate of drug-likeness (QED) is 0.294. The molecule has 0 aliphatic carbocycles. The lowest BCUT2D eigenvalue weighted by molar-refractivity contribution is -0.111. The van der Waals surface area contributed by atoms with E-state index in [1.54, 1.807) is 23.5 Å². The molecule has 1 saturated heterocycles. The monoisotopic (exact) mass is 581 g/mol. The summed E-state index contributed by atoms with van der Waals surface area (Å²) in [6.45, 7) is 9.87. The molecule has 1 fully saturated rings. The molecule has 2 aliphatic rings. The van der Waals surface area contributed by atoms with Gasteiger partial charge in [0.15, 0.2) is 0 Å². The van der Waals surface area contributed by atoms with Crippen molar-refractivity contribution in [2.24, 2.45) is 5.92 Å². The van der Waals surface area contributed by atoms with Crippen LogP contribution >= 0.6 is 0 Å². The van der Waals surface area contributed by atoms with E-state index in [9.17, 15) is 9.59 Å². The zero-order valence-corrected chi connectivity index (χ0v) is 24.8. The molecule has 11 heteroatoms. The maximum atomic E-state index is 13.0. The predicted octanol–water partition coefficient (Wildman–Crippen LogP) is 5.69. The van der Waals surface area contributed by atoms with Crippen molar-refractivity contribution < 1.29 is 19.1 Å². The van der Waals surface area contributed by atoms with Gasteiger partial charge in [-0.3, -0.25) is 4.90 Å². The second-order valence-corrected chi connectivity index (χ2v) is 11.9. The van der Waals surface area contributed by atoms with Crippen LogP contribution in [0.4, 0.5) is 27.9 Å². The molecule has 0 radical (unpaired) electrons. The summed E-state index contributed by atoms with van der Waals surface area (Å²) < 4.78 is 11.5. The summed E-state index contributed by atoms with van der Waals surface area (Å²) in [4.78, 5) is 46.3. The molecular formula is C32H35N7O4. The number of aromatic nitrogens is 4. The number of hydrogen-bond acceptors (Lipinski definition) is 10. The molecule has 43 heavy (non-hydrogen) atoms. The Balaban J connectivity index is 1.23. The van der Waals surface area contributed by atoms with Crippen LogP contribution in [-0.4, -0.2) is 64.2 Å². The van der Waals surface area contributed by atoms with Crippen molar-refractivity contribution in [2.45, 2.75) is 46.1 Å². The third-order valence-electron chi connectivity index (χ3n) is 7.66. The highest BCUT2D eigenvalue weighted by Crippen LogP contribution is 2.39. The summed E-state index contributed by atoms with van der Waals surface area (Å²) in [5.74, 6) is 1.91. The average molecular weight is 582 g/mol. The first kappa shape index (κ1) is 28.3. The third kappa shape index (κ3) is 6.06. The summed E-state index contributed by atoms with van der Waals surface area (Å²) in [7, 11) is 0. The smallest absolute Gasteiger partial charge is 0.415 e. The number of piperidine rings is 1. The number of carbonyl (C=O) groups is 2. The van der Waals surface area contributed by atoms with Gasteiger partial charge >= 0.3 is 6.09 Å². The molecule has 1 aromatic carbocycles. The zero-order chi connectivity index (χ0) is 30.1. The van der Waals surface area contributed by atoms with Crippen LogP contribution in [0.3, 0.4) is 0 Å². The minimum absolute atomic E-state index is 0.149. The number of nitrogens with one attached hydrogen (secondary N) is 1. The number of aldehydes is 1. The number of hydrogen-bond donors (Lipinski definition) is 1. The summed E-state index contributed by atoms with van der Waals surface area (Å²) >= 11 is 0. The molecule has 5 heterocycles. The van der Waals surface area contributed by atoms with Gasteiger partial charge in [-0.15, -0.1) is 0 Å². The molecule has 3 aromatic heterocycles. The van der Waals surface area contributed by atoms with E-state index in [0.717, 1.165) is 71.3 Å². The summed E-state index contributed by atoms with van der Waals surface area (Å²) in [6, 6.07) is 9.89. The minimum Gasteiger partial charge on any atom is -0.474 e. The van der Waals surface area contributed by atoms with Crippen LogP contribution in [-0.2, 0) is 9.53 Å². The number of ether oxygens (including phenoxy) is 2. The first-order chi connectivity index (χ1) is 20.7. The van der Waals surface area contributed by atoms with Gasteiger partial charge in [-0.05, 0) is 69.9 Å². The Morgan fingerprint density at radius 2 is 1.86 bits per heavy atom. The lowest BCUT2D eigenvalue weighted by Gasteiger charge is -2.32. The molecule has 222 valence electrons. The molecule has 0 atom stereocenters. The number of pyridine rings is 2. The van der Waals surface area contributed by atoms with Gasteiger partial charge in [-0.1, -0.05) is 12.1 Å². The van der Waals surface area contributed by atoms with Gasteiger partial charge in [0.05, 0.1) is 23.9 Å². The highest BCUT2D eigenvalue weighted by molar-refractivity contribution is 5.94. The van der Waals surface area contributed by atoms with Crippen LogP contribution < -0.4 is 19.9 Å². The molecule has 0 saturated carbocycles. The van der Waals surface area contributed by atoms with Gasteiger partial charge in [0.2, 0.25) is 11.8 Å². The van der Waals surface area contributed by atoms with Gasteiger partial charge in [0, 0.05) is 42.4 Å². The maximum absolute atomic E-state index is 13.0. The van der Waals surface area contributed by atoms with Crippen LogP contribution in [0.2, 0.25) is 0 Å². The lowest BCUT2D eigenvalue weighted by atomic mass is 9.99. The van der Waals surface area contributed by atoms with Gasteiger partial charge in [0.25, 0.3) is 0 Å². The second kappa shape index (κ2) is 11.5. The van der Waals surface area contributed by atoms with Crippen molar-refractivity contribution in [1.29, 1.82) is 0 Å². The van der Waals surface area contributed by atoms with E-state index in [4.69, 9.17) is 14.5 Å². The topological polar surface area (TPSA) is 123 Å². The van der Waals surface area contributed by atoms with Crippen molar-refractivity contribution in [3.05, 3.63) is 54.5 Å². The van der Waals surface area contributed by atoms with Crippen molar-refractivity contribution in [1.82, 2.24) is 19.9 Å². The van der Waals surface area contributed by atoms with Gasteiger partial charge < -0.3 is 24.5 Å². The standard InChI is InChI=1S/C32H35N7O4/c1-20-25(18-34-29-28(20)39(13-14-42-29)31(41)43-32(2,3)4)22-5-6-23-16-35-30(37-26(23)15-22)36-24-7-8-27(33-17-24)38-11-9-21(19-40)10-12-38/h5-8,15-19,21H,9-14H2,1-4H3,(H,35,36,37). The van der Waals surface area contributed by atoms with Crippen LogP contribution in [0.1, 0.15) is 39.2 Å². The number of amides is 1. The number of fused-ring (bicyclic) bond motifs is 2. The highest BCUT2D eigenvalue weighted by atomic mass is 16.6. The van der Waals surface area contributed by atoms with Crippen LogP contribution in [0.5, 0.6) is 5.88 Å². The van der Waals surface area contributed by atoms with Crippen molar-refractivity contribution in [3.63, 3.8) is 0 Å². The van der Waals surface area contributed by atoms with E-state index in [0.29, 0.717) is 30.7 Å². The minimum atomic E-state index is -0.619. The lowest BCUT2D eigenvalue weighted by Crippen LogP contribution is -2.42. The van der Waals surface area contributed by atoms with E-state index in [1.807, 2.05) is 58.0 Å². The first-order valence-corrected chi connectivity index (χ1v) is 14.5. The van der Waals surface area contributed by atoms with E-state index in [2.05, 4.69) is 25.2 Å². The Morgan fingerprint density at radius 3 is 2.58 bits per heavy atom. The van der Waals surface area contributed by atoms with Crippen molar-refractivity contribution >= 4 is 46.4 Å². The summed E-state index contributed by atoms with van der Waals surface area (Å²) in [5.41, 5.74) is 4.17. The van der Waals surface area contributed by atoms with Gasteiger partial charge in [0.1, 0.15) is 30.0 Å². The normalized spacial score (nSPS) is 15.5. The Morgan fingerprint density at radius 1 is 1.05 bits per heavy atom. The molecule has 4 aromatic rings. The fourth-order valence-electron chi connectivity index (χ4n) is 5.42. The maximum Gasteiger partial charge on any atom is 0.415 e. The van der Waals surface area contributed by atoms with Crippen LogP contribution in [0.25, 0.3) is 22.0 Å². The fraction of sp³-hybridized carbons (Fsp3) is 0.375. The largest absolute Gasteiger partial charge is 0.474 e. The zero-order valence-electron chi connectivity index (χ0n) is 24.8. The average Bonchev–Trinajstić information content (AvgIpc) is 3.00. The molecule has 1 N–H and O–H groups in total. The molecular weight excluding hydrogens is 546 g/mol. The van der Waals surface area contributed by atoms with E-state index in [-0.39, 0.29) is 5.92 Å². The predicted molar refractivity (Wildman–Crippen MR) is 165 cm³/mol. The fourth-order valence-corrected chi connectivity index (χ4v) is 5.42. The summed E-state index contributed by atoms with van der Waals surface area (Å²) in [5, 5.41) is 4.15. The number of carbonyl (C=O) groups excluding carboxylic acids is 2. The van der Waals surface area contributed by atoms with E-state index >= 15 is 0 Å². The number of nitrogens with zero attached hydrogens (tertiary/aromatic N) is 6. The highest BCUT2D eigenvalue weighted by Gasteiger charge is 2.31. The Labute approximate surface area is 250 Å². The Bertz CT molecular complexity index is 1660. The molecule has 6 rings (SSSR count). The number of rotatable bonds is 5. The van der Waals surface area contributed by atoms with Gasteiger partial charge in [-0.25, -0.2) is 24.7 Å². The molecule has 0 spiro atoms. The SMILES string of the molecule is Cc1c(-c2ccc3cnc(Nc4ccc(N5CCC(C=O)CC5)nc4)nc3c2)cnc2c1N(C(=O)OC(C)(C)C)CCO2. The van der Waals surface area contributed by atoms with E-state index in [1.165, 1.54) is 0 Å². The van der Waals surface area contributed by atoms with Crippen LogP contribution in [0.15, 0.2) is 48.9 Å². The van der Waals surface area contributed by atoms with Crippen molar-refractivity contribution in [2.75, 3.05) is 41.4 Å². The summed E-state index contributed by atoms with van der Waals surface area (Å²) in [6.07, 6.45) is 7.66. The van der Waals surface area contributed by atoms with Gasteiger partial charge in [-0.2, -0.15) is 0 Å². The molecule has 2 aliphatic heterocycles. The Kier molecular flexibility index (Phi) is 7.55. The molecule has 11 nitrogen and oxygen atoms in total. The third-order valence-corrected chi connectivity index (χ3v) is 7.66. The first-order valence-electron chi connectivity index (χ1n) is 14.5. The molecule has 0 bridgehead atoms.